The maximum absolute atomic E-state index is 13.9. The molecule has 10 heteroatoms. The third-order valence-electron chi connectivity index (χ3n) is 9.19. The van der Waals surface area contributed by atoms with Gasteiger partial charge in [-0.1, -0.05) is 37.6 Å². The lowest BCUT2D eigenvalue weighted by atomic mass is 9.84. The van der Waals surface area contributed by atoms with Crippen LogP contribution in [0.5, 0.6) is 11.5 Å². The second kappa shape index (κ2) is 14.4. The normalized spacial score (nSPS) is 20.9. The average molecular weight is 607 g/mol. The van der Waals surface area contributed by atoms with Crippen molar-refractivity contribution in [1.29, 1.82) is 0 Å². The van der Waals surface area contributed by atoms with Gasteiger partial charge in [0.15, 0.2) is 11.5 Å². The minimum Gasteiger partial charge on any atom is -0.481 e. The maximum Gasteiger partial charge on any atom is 0.308 e. The summed E-state index contributed by atoms with van der Waals surface area (Å²) in [5.41, 5.74) is 2.74. The number of hydrogen-bond acceptors (Lipinski definition) is 7. The summed E-state index contributed by atoms with van der Waals surface area (Å²) >= 11 is 0. The molecule has 1 fully saturated rings. The zero-order valence-corrected chi connectivity index (χ0v) is 26.2. The maximum atomic E-state index is 13.9. The highest BCUT2D eigenvalue weighted by Gasteiger charge is 2.47. The summed E-state index contributed by atoms with van der Waals surface area (Å²) in [5.74, 6) is -0.673. The number of anilines is 1. The molecule has 0 aromatic heterocycles. The lowest BCUT2D eigenvalue weighted by Gasteiger charge is -2.31. The smallest absolute Gasteiger partial charge is 0.308 e. The molecule has 1 unspecified atom stereocenters. The molecule has 0 saturated carbocycles. The quantitative estimate of drug-likeness (QED) is 0.305. The molecule has 5 rings (SSSR count). The topological polar surface area (TPSA) is 103 Å². The van der Waals surface area contributed by atoms with Crippen molar-refractivity contribution in [2.75, 3.05) is 65.1 Å². The lowest BCUT2D eigenvalue weighted by molar-refractivity contribution is -0.143. The zero-order chi connectivity index (χ0) is 31.2. The van der Waals surface area contributed by atoms with Crippen LogP contribution >= 0.6 is 0 Å². The van der Waals surface area contributed by atoms with Crippen LogP contribution in [0.2, 0.25) is 0 Å². The van der Waals surface area contributed by atoms with Gasteiger partial charge in [-0.2, -0.15) is 0 Å². The molecule has 1 saturated heterocycles. The van der Waals surface area contributed by atoms with E-state index in [1.165, 1.54) is 0 Å². The van der Waals surface area contributed by atoms with Crippen LogP contribution in [0.15, 0.2) is 42.5 Å². The van der Waals surface area contributed by atoms with Gasteiger partial charge in [-0.05, 0) is 75.6 Å². The Morgan fingerprint density at radius 1 is 1.00 bits per heavy atom. The Hall–Kier alpha value is -3.63. The van der Waals surface area contributed by atoms with E-state index in [9.17, 15) is 19.5 Å². The van der Waals surface area contributed by atoms with Gasteiger partial charge in [0.25, 0.3) is 0 Å². The van der Waals surface area contributed by atoms with Crippen LogP contribution in [-0.4, -0.2) is 104 Å². The van der Waals surface area contributed by atoms with E-state index in [2.05, 4.69) is 30.8 Å². The standard InChI is InChI=1S/C34H46N4O6/c1-4-5-16-36(17-9-8-15-35(2)3)32(40)22-37-21-26(24-12-13-29-30(19-24)44-23-43-29)33(34(41)42)28(37)14-18-38-27-11-7-6-10-25(27)20-31(38)39/h6-7,10-13,19,26,28,33H,4-5,8-9,14-18,20-23H2,1-3H3,(H,41,42)/t26-,28+,33?/m1/s1. The van der Waals surface area contributed by atoms with Crippen molar-refractivity contribution in [2.45, 2.75) is 57.4 Å². The minimum absolute atomic E-state index is 0.0227. The third kappa shape index (κ3) is 7.18. The van der Waals surface area contributed by atoms with Crippen molar-refractivity contribution >= 4 is 23.5 Å². The molecule has 0 bridgehead atoms. The van der Waals surface area contributed by atoms with E-state index < -0.39 is 17.9 Å². The SMILES string of the molecule is CCCCN(CCCCN(C)C)C(=O)CN1C[C@H](c2ccc3c(c2)OCO3)C(C(=O)O)[C@@H]1CCN1C(=O)Cc2ccccc21. The largest absolute Gasteiger partial charge is 0.481 e. The van der Waals surface area contributed by atoms with E-state index in [-0.39, 0.29) is 31.1 Å². The number of ether oxygens (including phenoxy) is 2. The molecule has 3 atom stereocenters. The number of carboxylic acids is 1. The van der Waals surface area contributed by atoms with Crippen LogP contribution < -0.4 is 14.4 Å². The molecule has 3 aliphatic heterocycles. The molecule has 10 nitrogen and oxygen atoms in total. The zero-order valence-electron chi connectivity index (χ0n) is 26.2. The van der Waals surface area contributed by atoms with Crippen molar-refractivity contribution in [2.24, 2.45) is 5.92 Å². The van der Waals surface area contributed by atoms with Gasteiger partial charge in [0.1, 0.15) is 0 Å². The number of carbonyl (C=O) groups excluding carboxylic acids is 2. The fourth-order valence-electron chi connectivity index (χ4n) is 6.87. The number of unbranched alkanes of at least 4 members (excludes halogenated alkanes) is 2. The summed E-state index contributed by atoms with van der Waals surface area (Å²) in [6.07, 6.45) is 4.65. The highest BCUT2D eigenvalue weighted by atomic mass is 16.7. The number of fused-ring (bicyclic) bond motifs is 2. The summed E-state index contributed by atoms with van der Waals surface area (Å²) in [7, 11) is 4.11. The average Bonchev–Trinajstić information content (AvgIpc) is 3.70. The predicted octanol–water partition coefficient (Wildman–Crippen LogP) is 3.83. The molecule has 238 valence electrons. The fraction of sp³-hybridized carbons (Fsp3) is 0.559. The Kier molecular flexibility index (Phi) is 10.4. The van der Waals surface area contributed by atoms with Gasteiger partial charge < -0.3 is 29.3 Å². The van der Waals surface area contributed by atoms with E-state index in [0.717, 1.165) is 49.0 Å². The molecule has 3 heterocycles. The summed E-state index contributed by atoms with van der Waals surface area (Å²) < 4.78 is 11.1. The van der Waals surface area contributed by atoms with Crippen LogP contribution in [0.3, 0.4) is 0 Å². The first-order valence-corrected chi connectivity index (χ1v) is 15.9. The number of aliphatic carboxylic acids is 1. The van der Waals surface area contributed by atoms with Crippen molar-refractivity contribution in [3.05, 3.63) is 53.6 Å². The molecular weight excluding hydrogens is 560 g/mol. The van der Waals surface area contributed by atoms with E-state index >= 15 is 0 Å². The van der Waals surface area contributed by atoms with Gasteiger partial charge in [0.05, 0.1) is 18.9 Å². The second-order valence-electron chi connectivity index (χ2n) is 12.5. The Balaban J connectivity index is 1.38. The second-order valence-corrected chi connectivity index (χ2v) is 12.5. The third-order valence-corrected chi connectivity index (χ3v) is 9.19. The van der Waals surface area contributed by atoms with E-state index in [4.69, 9.17) is 9.47 Å². The van der Waals surface area contributed by atoms with Crippen LogP contribution in [0.1, 0.15) is 56.1 Å². The number of rotatable bonds is 15. The molecule has 1 N–H and O–H groups in total. The number of nitrogens with zero attached hydrogens (tertiary/aromatic N) is 4. The lowest BCUT2D eigenvalue weighted by Crippen LogP contribution is -2.46. The number of carboxylic acid groups (broad SMARTS) is 1. The first-order chi connectivity index (χ1) is 21.3. The van der Waals surface area contributed by atoms with E-state index in [1.54, 1.807) is 4.90 Å². The van der Waals surface area contributed by atoms with Crippen LogP contribution in [0.4, 0.5) is 5.69 Å². The first-order valence-electron chi connectivity index (χ1n) is 15.9. The Bertz CT molecular complexity index is 1330. The molecule has 0 spiro atoms. The predicted molar refractivity (Wildman–Crippen MR) is 168 cm³/mol. The minimum atomic E-state index is -0.896. The molecule has 0 radical (unpaired) electrons. The molecule has 3 aliphatic rings. The van der Waals surface area contributed by atoms with Crippen molar-refractivity contribution in [1.82, 2.24) is 14.7 Å². The fourth-order valence-corrected chi connectivity index (χ4v) is 6.87. The first kappa shape index (κ1) is 31.8. The van der Waals surface area contributed by atoms with Crippen molar-refractivity contribution < 1.29 is 29.0 Å². The summed E-state index contributed by atoms with van der Waals surface area (Å²) in [5, 5.41) is 10.6. The molecule has 2 aromatic rings. The molecular formula is C34H46N4O6. The van der Waals surface area contributed by atoms with Crippen LogP contribution in [-0.2, 0) is 20.8 Å². The molecule has 2 aromatic carbocycles. The van der Waals surface area contributed by atoms with Gasteiger partial charge in [-0.25, -0.2) is 0 Å². The van der Waals surface area contributed by atoms with Gasteiger partial charge in [-0.3, -0.25) is 19.3 Å². The van der Waals surface area contributed by atoms with Crippen LogP contribution in [0, 0.1) is 5.92 Å². The van der Waals surface area contributed by atoms with E-state index in [1.807, 2.05) is 47.4 Å². The number of amides is 2. The number of likely N-dealkylation sites (tertiary alicyclic amines) is 1. The highest BCUT2D eigenvalue weighted by molar-refractivity contribution is 6.01. The molecule has 0 aliphatic carbocycles. The summed E-state index contributed by atoms with van der Waals surface area (Å²) in [6, 6.07) is 13.0. The number of hydrogen-bond donors (Lipinski definition) is 1. The van der Waals surface area contributed by atoms with Crippen LogP contribution in [0.25, 0.3) is 0 Å². The van der Waals surface area contributed by atoms with Gasteiger partial charge >= 0.3 is 5.97 Å². The number of para-hydroxylation sites is 1. The van der Waals surface area contributed by atoms with Gasteiger partial charge in [-0.15, -0.1) is 0 Å². The van der Waals surface area contributed by atoms with E-state index in [0.29, 0.717) is 50.5 Å². The monoisotopic (exact) mass is 606 g/mol. The Morgan fingerprint density at radius 3 is 2.52 bits per heavy atom. The number of benzene rings is 2. The van der Waals surface area contributed by atoms with Gasteiger partial charge in [0, 0.05) is 43.8 Å². The van der Waals surface area contributed by atoms with Crippen molar-refractivity contribution in [3.8, 4) is 11.5 Å². The summed E-state index contributed by atoms with van der Waals surface area (Å²) in [6.45, 7) is 5.60. The highest BCUT2D eigenvalue weighted by Crippen LogP contribution is 2.43. The number of carbonyl (C=O) groups is 3. The van der Waals surface area contributed by atoms with Gasteiger partial charge in [0.2, 0.25) is 18.6 Å². The summed E-state index contributed by atoms with van der Waals surface area (Å²) in [4.78, 5) is 47.7. The van der Waals surface area contributed by atoms with Crippen molar-refractivity contribution in [3.63, 3.8) is 0 Å². The molecule has 44 heavy (non-hydrogen) atoms. The Morgan fingerprint density at radius 2 is 1.75 bits per heavy atom. The molecule has 2 amide bonds. The Labute approximate surface area is 260 Å².